The molecule has 1 aliphatic heterocycles. The van der Waals surface area contributed by atoms with Crippen molar-refractivity contribution in [1.29, 1.82) is 0 Å². The molecule has 6 heteroatoms. The molecule has 0 unspecified atom stereocenters. The van der Waals surface area contributed by atoms with Gasteiger partial charge in [0.2, 0.25) is 5.89 Å². The number of fused-ring (bicyclic) bond motifs is 2. The van der Waals surface area contributed by atoms with Gasteiger partial charge in [0.05, 0.1) is 0 Å². The molecular weight excluding hydrogens is 430 g/mol. The van der Waals surface area contributed by atoms with Crippen molar-refractivity contribution in [3.8, 4) is 5.75 Å². The first-order chi connectivity index (χ1) is 14.2. The lowest BCUT2D eigenvalue weighted by atomic mass is 10.1. The molecule has 0 N–H and O–H groups in total. The number of ether oxygens (including phenoxy) is 1. The number of nitrogens with zero attached hydrogens (tertiary/aromatic N) is 3. The largest absolute Gasteiger partial charge is 0.484 e. The van der Waals surface area contributed by atoms with Crippen LogP contribution in [0.5, 0.6) is 5.75 Å². The maximum Gasteiger partial charge on any atom is 0.233 e. The van der Waals surface area contributed by atoms with E-state index in [2.05, 4.69) is 68.1 Å². The Kier molecular flexibility index (Phi) is 4.89. The molecule has 5 rings (SSSR count). The molecule has 5 nitrogen and oxygen atoms in total. The predicted molar refractivity (Wildman–Crippen MR) is 120 cm³/mol. The lowest BCUT2D eigenvalue weighted by Gasteiger charge is -2.34. The number of halogens is 1. The molecule has 2 heterocycles. The quantitative estimate of drug-likeness (QED) is 0.432. The highest BCUT2D eigenvalue weighted by atomic mass is 79.9. The number of likely N-dealkylation sites (N-methyl/N-ethyl adjacent to an activating group) is 1. The third-order valence-corrected chi connectivity index (χ3v) is 5.92. The molecule has 0 spiro atoms. The van der Waals surface area contributed by atoms with E-state index in [0.29, 0.717) is 12.5 Å². The molecule has 1 aromatic heterocycles. The summed E-state index contributed by atoms with van der Waals surface area (Å²) in [6, 6.07) is 18.5. The van der Waals surface area contributed by atoms with Crippen LogP contribution in [0.2, 0.25) is 0 Å². The van der Waals surface area contributed by atoms with Crippen LogP contribution in [0, 0.1) is 0 Å². The van der Waals surface area contributed by atoms with Crippen LogP contribution in [0.1, 0.15) is 5.89 Å². The SMILES string of the molecule is CN1CCN(c2cccc3ccc(OCc4nc5cc(Br)ccc5o4)cc23)CC1. The Hall–Kier alpha value is -2.57. The second-order valence-corrected chi connectivity index (χ2v) is 8.37. The summed E-state index contributed by atoms with van der Waals surface area (Å²) in [5, 5.41) is 2.44. The summed E-state index contributed by atoms with van der Waals surface area (Å²) in [5.74, 6) is 1.40. The Balaban J connectivity index is 1.39. The number of piperazine rings is 1. The molecule has 148 valence electrons. The Morgan fingerprint density at radius 1 is 1.03 bits per heavy atom. The molecule has 4 aromatic rings. The van der Waals surface area contributed by atoms with Crippen molar-refractivity contribution >= 4 is 43.5 Å². The number of hydrogen-bond donors (Lipinski definition) is 0. The normalized spacial score (nSPS) is 15.3. The molecule has 0 atom stereocenters. The minimum atomic E-state index is 0.300. The van der Waals surface area contributed by atoms with Crippen molar-refractivity contribution in [3.63, 3.8) is 0 Å². The Labute approximate surface area is 178 Å². The first-order valence-corrected chi connectivity index (χ1v) is 10.6. The van der Waals surface area contributed by atoms with Crippen molar-refractivity contribution in [3.05, 3.63) is 65.0 Å². The van der Waals surface area contributed by atoms with Gasteiger partial charge in [-0.25, -0.2) is 4.98 Å². The van der Waals surface area contributed by atoms with Crippen molar-refractivity contribution in [2.75, 3.05) is 38.1 Å². The number of oxazole rings is 1. The molecule has 3 aromatic carbocycles. The Morgan fingerprint density at radius 3 is 2.76 bits per heavy atom. The van der Waals surface area contributed by atoms with E-state index in [1.807, 2.05) is 24.3 Å². The topological polar surface area (TPSA) is 41.7 Å². The van der Waals surface area contributed by atoms with Crippen LogP contribution in [-0.4, -0.2) is 43.1 Å². The predicted octanol–water partition coefficient (Wildman–Crippen LogP) is 5.07. The molecule has 0 aliphatic carbocycles. The van der Waals surface area contributed by atoms with Crippen LogP contribution in [0.15, 0.2) is 63.5 Å². The fourth-order valence-electron chi connectivity index (χ4n) is 3.80. The summed E-state index contributed by atoms with van der Waals surface area (Å²) in [4.78, 5) is 9.35. The molecule has 0 amide bonds. The second-order valence-electron chi connectivity index (χ2n) is 7.46. The number of hydrogen-bond acceptors (Lipinski definition) is 5. The molecule has 0 bridgehead atoms. The first kappa shape index (κ1) is 18.5. The highest BCUT2D eigenvalue weighted by Crippen LogP contribution is 2.31. The molecule has 0 radical (unpaired) electrons. The van der Waals surface area contributed by atoms with Crippen molar-refractivity contribution < 1.29 is 9.15 Å². The molecular formula is C23H22BrN3O2. The van der Waals surface area contributed by atoms with Gasteiger partial charge in [0.25, 0.3) is 0 Å². The summed E-state index contributed by atoms with van der Waals surface area (Å²) >= 11 is 3.46. The van der Waals surface area contributed by atoms with Gasteiger partial charge in [-0.1, -0.05) is 34.1 Å². The van der Waals surface area contributed by atoms with Crippen LogP contribution in [-0.2, 0) is 6.61 Å². The maximum absolute atomic E-state index is 6.02. The zero-order valence-corrected chi connectivity index (χ0v) is 17.9. The molecule has 1 aliphatic rings. The van der Waals surface area contributed by atoms with Gasteiger partial charge in [0, 0.05) is 41.7 Å². The third-order valence-electron chi connectivity index (χ3n) is 5.43. The van der Waals surface area contributed by atoms with Crippen LogP contribution in [0.4, 0.5) is 5.69 Å². The van der Waals surface area contributed by atoms with Crippen LogP contribution in [0.25, 0.3) is 21.9 Å². The van der Waals surface area contributed by atoms with Crippen molar-refractivity contribution in [2.45, 2.75) is 6.61 Å². The van der Waals surface area contributed by atoms with E-state index in [4.69, 9.17) is 9.15 Å². The minimum Gasteiger partial charge on any atom is -0.484 e. The summed E-state index contributed by atoms with van der Waals surface area (Å²) in [6.07, 6.45) is 0. The van der Waals surface area contributed by atoms with Gasteiger partial charge < -0.3 is 19.0 Å². The van der Waals surface area contributed by atoms with E-state index < -0.39 is 0 Å². The van der Waals surface area contributed by atoms with E-state index in [9.17, 15) is 0 Å². The lowest BCUT2D eigenvalue weighted by molar-refractivity contribution is 0.267. The number of rotatable bonds is 4. The molecule has 1 fully saturated rings. The Bertz CT molecular complexity index is 1170. The molecule has 29 heavy (non-hydrogen) atoms. The van der Waals surface area contributed by atoms with E-state index in [0.717, 1.165) is 47.5 Å². The first-order valence-electron chi connectivity index (χ1n) is 9.80. The van der Waals surface area contributed by atoms with Gasteiger partial charge in [-0.15, -0.1) is 0 Å². The van der Waals surface area contributed by atoms with E-state index in [-0.39, 0.29) is 0 Å². The number of benzene rings is 3. The minimum absolute atomic E-state index is 0.300. The summed E-state index contributed by atoms with van der Waals surface area (Å²) < 4.78 is 12.8. The van der Waals surface area contributed by atoms with Crippen LogP contribution in [0.3, 0.4) is 0 Å². The zero-order chi connectivity index (χ0) is 19.8. The Morgan fingerprint density at radius 2 is 1.90 bits per heavy atom. The average molecular weight is 452 g/mol. The van der Waals surface area contributed by atoms with Crippen LogP contribution < -0.4 is 9.64 Å². The van der Waals surface area contributed by atoms with Gasteiger partial charge >= 0.3 is 0 Å². The fraction of sp³-hybridized carbons (Fsp3) is 0.261. The van der Waals surface area contributed by atoms with Gasteiger partial charge in [0.1, 0.15) is 11.3 Å². The highest BCUT2D eigenvalue weighted by molar-refractivity contribution is 9.10. The fourth-order valence-corrected chi connectivity index (χ4v) is 4.15. The summed E-state index contributed by atoms with van der Waals surface area (Å²) in [5.41, 5.74) is 2.87. The van der Waals surface area contributed by atoms with E-state index >= 15 is 0 Å². The maximum atomic E-state index is 6.02. The van der Waals surface area contributed by atoms with Crippen LogP contribution >= 0.6 is 15.9 Å². The van der Waals surface area contributed by atoms with Gasteiger partial charge in [-0.3, -0.25) is 0 Å². The van der Waals surface area contributed by atoms with Gasteiger partial charge in [0.15, 0.2) is 12.2 Å². The second kappa shape index (κ2) is 7.69. The van der Waals surface area contributed by atoms with Crippen molar-refractivity contribution in [1.82, 2.24) is 9.88 Å². The number of aromatic nitrogens is 1. The number of anilines is 1. The zero-order valence-electron chi connectivity index (χ0n) is 16.3. The lowest BCUT2D eigenvalue weighted by Crippen LogP contribution is -2.44. The van der Waals surface area contributed by atoms with Gasteiger partial charge in [-0.2, -0.15) is 0 Å². The highest BCUT2D eigenvalue weighted by Gasteiger charge is 2.16. The van der Waals surface area contributed by atoms with Crippen molar-refractivity contribution in [2.24, 2.45) is 0 Å². The third kappa shape index (κ3) is 3.82. The monoisotopic (exact) mass is 451 g/mol. The van der Waals surface area contributed by atoms with E-state index in [1.165, 1.54) is 16.5 Å². The molecule has 0 saturated carbocycles. The smallest absolute Gasteiger partial charge is 0.233 e. The summed E-state index contributed by atoms with van der Waals surface area (Å²) in [7, 11) is 2.18. The van der Waals surface area contributed by atoms with E-state index in [1.54, 1.807) is 0 Å². The average Bonchev–Trinajstić information content (AvgIpc) is 3.14. The standard InChI is InChI=1S/C23H22BrN3O2/c1-26-9-11-27(12-10-26)21-4-2-3-16-5-7-18(14-19(16)21)28-15-23-25-20-13-17(24)6-8-22(20)29-23/h2-8,13-14H,9-12,15H2,1H3. The molecule has 1 saturated heterocycles. The van der Waals surface area contributed by atoms with Gasteiger partial charge in [-0.05, 0) is 48.8 Å². The summed E-state index contributed by atoms with van der Waals surface area (Å²) in [6.45, 7) is 4.55.